The Morgan fingerprint density at radius 1 is 1.19 bits per heavy atom. The third kappa shape index (κ3) is 3.41. The highest BCUT2D eigenvalue weighted by atomic mass is 32.1. The number of rotatable bonds is 6. The van der Waals surface area contributed by atoms with E-state index in [1.807, 2.05) is 0 Å². The molecule has 3 rings (SSSR count). The van der Waals surface area contributed by atoms with Gasteiger partial charge in [-0.3, -0.25) is 14.3 Å². The van der Waals surface area contributed by atoms with E-state index in [0.29, 0.717) is 17.1 Å². The van der Waals surface area contributed by atoms with Gasteiger partial charge in [0.15, 0.2) is 10.3 Å². The molecule has 0 aliphatic heterocycles. The number of methoxy groups -OCH3 is 1. The SMILES string of the molecule is COc1ccc(OC[C@@H](O)Cn2c(=S)[nH]c3c2c(=O)[nH]c(=O)n3C)cc1. The van der Waals surface area contributed by atoms with Crippen LogP contribution in [0.5, 0.6) is 11.5 Å². The van der Waals surface area contributed by atoms with Crippen molar-refractivity contribution < 1.29 is 14.6 Å². The minimum absolute atomic E-state index is 0.00441. The standard InChI is InChI=1S/C16H18N4O5S/c1-19-13-12(14(22)18-15(19)23)20(16(26)17-13)7-9(21)8-25-11-5-3-10(24-2)4-6-11/h3-6,9,21H,7-8H2,1-2H3,(H,17,26)(H,18,22,23)/t9-/m0/s1. The van der Waals surface area contributed by atoms with Crippen molar-refractivity contribution in [1.29, 1.82) is 0 Å². The molecule has 0 aliphatic rings. The molecule has 0 unspecified atom stereocenters. The number of aryl methyl sites for hydroxylation is 1. The zero-order chi connectivity index (χ0) is 18.8. The number of H-pyrrole nitrogens is 2. The Morgan fingerprint density at radius 3 is 2.50 bits per heavy atom. The van der Waals surface area contributed by atoms with E-state index in [0.717, 1.165) is 0 Å². The van der Waals surface area contributed by atoms with Gasteiger partial charge in [0.2, 0.25) is 0 Å². The van der Waals surface area contributed by atoms with Gasteiger partial charge in [-0.05, 0) is 36.5 Å². The third-order valence-corrected chi connectivity index (χ3v) is 4.26. The molecular formula is C16H18N4O5S. The lowest BCUT2D eigenvalue weighted by molar-refractivity contribution is 0.0930. The van der Waals surface area contributed by atoms with E-state index in [9.17, 15) is 14.7 Å². The second kappa shape index (κ2) is 7.18. The first-order chi connectivity index (χ1) is 12.4. The van der Waals surface area contributed by atoms with Crippen LogP contribution in [0.2, 0.25) is 0 Å². The number of imidazole rings is 1. The minimum atomic E-state index is -0.917. The Balaban J connectivity index is 1.79. The number of hydrogen-bond donors (Lipinski definition) is 3. The number of aliphatic hydroxyl groups excluding tert-OH is 1. The Kier molecular flexibility index (Phi) is 4.96. The van der Waals surface area contributed by atoms with Gasteiger partial charge in [-0.15, -0.1) is 0 Å². The Labute approximate surface area is 152 Å². The molecule has 0 spiro atoms. The Bertz CT molecular complexity index is 1090. The molecule has 0 saturated heterocycles. The fourth-order valence-corrected chi connectivity index (χ4v) is 2.84. The first kappa shape index (κ1) is 18.0. The average molecular weight is 378 g/mol. The molecule has 9 nitrogen and oxygen atoms in total. The Hall–Kier alpha value is -2.85. The number of aromatic amines is 2. The van der Waals surface area contributed by atoms with Crippen LogP contribution in [0.15, 0.2) is 33.9 Å². The van der Waals surface area contributed by atoms with Crippen LogP contribution in [0.25, 0.3) is 11.2 Å². The lowest BCUT2D eigenvalue weighted by atomic mass is 10.3. The number of hydrogen-bond acceptors (Lipinski definition) is 6. The number of aromatic nitrogens is 4. The van der Waals surface area contributed by atoms with Crippen molar-refractivity contribution in [1.82, 2.24) is 19.1 Å². The molecule has 10 heteroatoms. The molecule has 0 saturated carbocycles. The van der Waals surface area contributed by atoms with Crippen LogP contribution in [-0.4, -0.2) is 44.0 Å². The zero-order valence-electron chi connectivity index (χ0n) is 14.2. The van der Waals surface area contributed by atoms with Crippen molar-refractivity contribution in [3.05, 3.63) is 49.9 Å². The molecule has 1 aromatic carbocycles. The number of nitrogens with one attached hydrogen (secondary N) is 2. The van der Waals surface area contributed by atoms with Gasteiger partial charge in [0.25, 0.3) is 5.56 Å². The van der Waals surface area contributed by atoms with Gasteiger partial charge >= 0.3 is 5.69 Å². The molecular weight excluding hydrogens is 360 g/mol. The van der Waals surface area contributed by atoms with Gasteiger partial charge in [0.1, 0.15) is 29.9 Å². The van der Waals surface area contributed by atoms with E-state index < -0.39 is 17.4 Å². The second-order valence-corrected chi connectivity index (χ2v) is 6.08. The van der Waals surface area contributed by atoms with E-state index in [1.54, 1.807) is 31.4 Å². The predicted molar refractivity (Wildman–Crippen MR) is 97.5 cm³/mol. The highest BCUT2D eigenvalue weighted by Gasteiger charge is 2.16. The predicted octanol–water partition coefficient (Wildman–Crippen LogP) is 0.534. The van der Waals surface area contributed by atoms with Crippen molar-refractivity contribution in [3.8, 4) is 11.5 Å². The van der Waals surface area contributed by atoms with Crippen LogP contribution >= 0.6 is 12.2 Å². The third-order valence-electron chi connectivity index (χ3n) is 3.94. The summed E-state index contributed by atoms with van der Waals surface area (Å²) in [5.74, 6) is 1.28. The largest absolute Gasteiger partial charge is 0.497 e. The molecule has 2 aromatic heterocycles. The quantitative estimate of drug-likeness (QED) is 0.539. The number of aliphatic hydroxyl groups is 1. The van der Waals surface area contributed by atoms with Crippen molar-refractivity contribution in [3.63, 3.8) is 0 Å². The summed E-state index contributed by atoms with van der Waals surface area (Å²) in [6.07, 6.45) is -0.917. The molecule has 0 fully saturated rings. The van der Waals surface area contributed by atoms with Crippen LogP contribution in [0.3, 0.4) is 0 Å². The molecule has 3 N–H and O–H groups in total. The van der Waals surface area contributed by atoms with E-state index in [2.05, 4.69) is 9.97 Å². The number of ether oxygens (including phenoxy) is 2. The maximum absolute atomic E-state index is 12.1. The summed E-state index contributed by atoms with van der Waals surface area (Å²) < 4.78 is 13.5. The number of nitrogens with zero attached hydrogens (tertiary/aromatic N) is 2. The lowest BCUT2D eigenvalue weighted by Gasteiger charge is -2.13. The number of benzene rings is 1. The summed E-state index contributed by atoms with van der Waals surface area (Å²) in [6, 6.07) is 6.95. The van der Waals surface area contributed by atoms with Gasteiger partial charge < -0.3 is 24.1 Å². The molecule has 0 aliphatic carbocycles. The monoisotopic (exact) mass is 378 g/mol. The second-order valence-electron chi connectivity index (χ2n) is 5.70. The Morgan fingerprint density at radius 2 is 1.85 bits per heavy atom. The maximum Gasteiger partial charge on any atom is 0.329 e. The summed E-state index contributed by atoms with van der Waals surface area (Å²) in [6.45, 7) is 0.0424. The van der Waals surface area contributed by atoms with Gasteiger partial charge in [0, 0.05) is 7.05 Å². The summed E-state index contributed by atoms with van der Waals surface area (Å²) in [4.78, 5) is 28.8. The normalized spacial score (nSPS) is 12.3. The van der Waals surface area contributed by atoms with Crippen molar-refractivity contribution in [2.24, 2.45) is 7.05 Å². The molecule has 2 heterocycles. The molecule has 0 radical (unpaired) electrons. The van der Waals surface area contributed by atoms with Crippen LogP contribution in [0.4, 0.5) is 0 Å². The number of fused-ring (bicyclic) bond motifs is 1. The lowest BCUT2D eigenvalue weighted by Crippen LogP contribution is -2.30. The fraction of sp³-hybridized carbons (Fsp3) is 0.312. The smallest absolute Gasteiger partial charge is 0.329 e. The molecule has 0 amide bonds. The summed E-state index contributed by atoms with van der Waals surface area (Å²) in [5, 5.41) is 10.3. The van der Waals surface area contributed by atoms with Crippen molar-refractivity contribution in [2.75, 3.05) is 13.7 Å². The topological polar surface area (TPSA) is 114 Å². The van der Waals surface area contributed by atoms with Crippen LogP contribution in [-0.2, 0) is 13.6 Å². The van der Waals surface area contributed by atoms with E-state index in [4.69, 9.17) is 21.7 Å². The highest BCUT2D eigenvalue weighted by molar-refractivity contribution is 7.71. The molecule has 1 atom stereocenters. The van der Waals surface area contributed by atoms with Gasteiger partial charge in [-0.2, -0.15) is 0 Å². The molecule has 3 aromatic rings. The molecule has 0 bridgehead atoms. The first-order valence-electron chi connectivity index (χ1n) is 7.77. The minimum Gasteiger partial charge on any atom is -0.497 e. The first-order valence-corrected chi connectivity index (χ1v) is 8.18. The maximum atomic E-state index is 12.1. The fourth-order valence-electron chi connectivity index (χ4n) is 2.57. The van der Waals surface area contributed by atoms with E-state index in [-0.39, 0.29) is 23.4 Å². The van der Waals surface area contributed by atoms with E-state index >= 15 is 0 Å². The van der Waals surface area contributed by atoms with Crippen LogP contribution in [0.1, 0.15) is 0 Å². The average Bonchev–Trinajstić information content (AvgIpc) is 2.95. The van der Waals surface area contributed by atoms with Crippen LogP contribution < -0.4 is 20.7 Å². The van der Waals surface area contributed by atoms with Crippen molar-refractivity contribution >= 4 is 23.4 Å². The zero-order valence-corrected chi connectivity index (χ0v) is 15.0. The summed E-state index contributed by atoms with van der Waals surface area (Å²) in [7, 11) is 3.08. The highest BCUT2D eigenvalue weighted by Crippen LogP contribution is 2.17. The van der Waals surface area contributed by atoms with E-state index in [1.165, 1.54) is 16.2 Å². The molecule has 26 heavy (non-hydrogen) atoms. The van der Waals surface area contributed by atoms with Gasteiger partial charge in [0.05, 0.1) is 13.7 Å². The summed E-state index contributed by atoms with van der Waals surface area (Å²) >= 11 is 5.21. The van der Waals surface area contributed by atoms with Gasteiger partial charge in [-0.1, -0.05) is 0 Å². The van der Waals surface area contributed by atoms with Crippen LogP contribution in [0, 0.1) is 4.77 Å². The van der Waals surface area contributed by atoms with Crippen molar-refractivity contribution in [2.45, 2.75) is 12.6 Å². The van der Waals surface area contributed by atoms with Gasteiger partial charge in [-0.25, -0.2) is 4.79 Å². The summed E-state index contributed by atoms with van der Waals surface area (Å²) in [5.41, 5.74) is -0.624. The molecule has 138 valence electrons.